The second-order valence-corrected chi connectivity index (χ2v) is 4.34. The Morgan fingerprint density at radius 2 is 1.14 bits per heavy atom. The first-order valence-electron chi connectivity index (χ1n) is 6.30. The van der Waals surface area contributed by atoms with Crippen LogP contribution < -0.4 is 5.72 Å². The van der Waals surface area contributed by atoms with E-state index >= 15 is 0 Å². The van der Waals surface area contributed by atoms with Crippen molar-refractivity contribution >= 4 is 12.8 Å². The summed E-state index contributed by atoms with van der Waals surface area (Å²) in [6, 6.07) is 8.98. The van der Waals surface area contributed by atoms with E-state index in [1.165, 1.54) is 0 Å². The van der Waals surface area contributed by atoms with Crippen LogP contribution in [-0.2, 0) is 0 Å². The second kappa shape index (κ2) is 5.78. The maximum atomic E-state index is 9.37. The second-order valence-electron chi connectivity index (χ2n) is 4.34. The summed E-state index contributed by atoms with van der Waals surface area (Å²) in [7, 11) is -1.73. The number of aromatic nitrogens is 4. The predicted molar refractivity (Wildman–Crippen MR) is 78.3 cm³/mol. The van der Waals surface area contributed by atoms with Crippen LogP contribution in [0.5, 0.6) is 0 Å². The van der Waals surface area contributed by atoms with E-state index in [0.29, 0.717) is 11.4 Å². The molecule has 0 unspecified atom stereocenters. The van der Waals surface area contributed by atoms with Crippen LogP contribution in [0.4, 0.5) is 0 Å². The Bertz CT molecular complexity index is 681. The van der Waals surface area contributed by atoms with Gasteiger partial charge in [0, 0.05) is 35.9 Å². The Balaban J connectivity index is 2.16. The third-order valence-corrected chi connectivity index (χ3v) is 2.93. The molecule has 0 amide bonds. The Morgan fingerprint density at radius 1 is 0.714 bits per heavy atom. The molecule has 0 aliphatic carbocycles. The molecular weight excluding hydrogens is 267 g/mol. The van der Waals surface area contributed by atoms with Gasteiger partial charge in [0.2, 0.25) is 0 Å². The number of hydrogen-bond donors (Lipinski definition) is 2. The van der Waals surface area contributed by atoms with Gasteiger partial charge in [-0.2, -0.15) is 0 Å². The first-order valence-corrected chi connectivity index (χ1v) is 6.30. The van der Waals surface area contributed by atoms with E-state index < -0.39 is 7.12 Å². The lowest BCUT2D eigenvalue weighted by Crippen LogP contribution is -2.36. The standard InChI is InChI=1S/C14H11BN4O2/c20-15(21)14-18-12(10-1-5-16-6-2-10)9-13(19-14)11-3-7-17-8-4-11/h1-9,20-21H. The van der Waals surface area contributed by atoms with Crippen LogP contribution in [0.15, 0.2) is 55.1 Å². The van der Waals surface area contributed by atoms with Crippen LogP contribution in [0, 0.1) is 0 Å². The average molecular weight is 278 g/mol. The molecule has 0 aromatic carbocycles. The van der Waals surface area contributed by atoms with Crippen LogP contribution >= 0.6 is 0 Å². The molecule has 0 aliphatic rings. The molecule has 2 N–H and O–H groups in total. The van der Waals surface area contributed by atoms with Crippen LogP contribution in [-0.4, -0.2) is 37.1 Å². The lowest BCUT2D eigenvalue weighted by molar-refractivity contribution is 0.422. The molecular formula is C14H11BN4O2. The van der Waals surface area contributed by atoms with Gasteiger partial charge < -0.3 is 10.0 Å². The molecule has 7 heteroatoms. The van der Waals surface area contributed by atoms with Crippen molar-refractivity contribution in [3.63, 3.8) is 0 Å². The van der Waals surface area contributed by atoms with Crippen molar-refractivity contribution < 1.29 is 10.0 Å². The normalized spacial score (nSPS) is 10.4. The van der Waals surface area contributed by atoms with Gasteiger partial charge in [-0.05, 0) is 30.3 Å². The molecule has 0 fully saturated rings. The molecule has 0 saturated carbocycles. The smallest absolute Gasteiger partial charge is 0.421 e. The first kappa shape index (κ1) is 13.4. The minimum Gasteiger partial charge on any atom is -0.421 e. The summed E-state index contributed by atoms with van der Waals surface area (Å²) >= 11 is 0. The highest BCUT2D eigenvalue weighted by molar-refractivity contribution is 6.56. The fourth-order valence-corrected chi connectivity index (χ4v) is 1.92. The summed E-state index contributed by atoms with van der Waals surface area (Å²) in [6.45, 7) is 0. The molecule has 3 heterocycles. The summed E-state index contributed by atoms with van der Waals surface area (Å²) < 4.78 is 0. The molecule has 102 valence electrons. The monoisotopic (exact) mass is 278 g/mol. The number of pyridine rings is 2. The molecule has 0 radical (unpaired) electrons. The van der Waals surface area contributed by atoms with Gasteiger partial charge >= 0.3 is 7.12 Å². The van der Waals surface area contributed by atoms with Gasteiger partial charge in [0.25, 0.3) is 0 Å². The van der Waals surface area contributed by atoms with Crippen LogP contribution in [0.2, 0.25) is 0 Å². The van der Waals surface area contributed by atoms with Gasteiger partial charge in [-0.1, -0.05) is 0 Å². The maximum Gasteiger partial charge on any atom is 0.528 e. The lowest BCUT2D eigenvalue weighted by Gasteiger charge is -2.08. The Morgan fingerprint density at radius 3 is 1.52 bits per heavy atom. The molecule has 3 rings (SSSR count). The van der Waals surface area contributed by atoms with Gasteiger partial charge in [-0.3, -0.25) is 9.97 Å². The minimum absolute atomic E-state index is 0.0453. The quantitative estimate of drug-likeness (QED) is 0.668. The van der Waals surface area contributed by atoms with Crippen molar-refractivity contribution in [1.82, 2.24) is 19.9 Å². The number of hydrogen-bond acceptors (Lipinski definition) is 6. The van der Waals surface area contributed by atoms with Gasteiger partial charge in [0.1, 0.15) is 0 Å². The molecule has 0 atom stereocenters. The highest BCUT2D eigenvalue weighted by Gasteiger charge is 2.18. The minimum atomic E-state index is -1.73. The number of nitrogens with zero attached hydrogens (tertiary/aromatic N) is 4. The van der Waals surface area contributed by atoms with Crippen LogP contribution in [0.1, 0.15) is 0 Å². The van der Waals surface area contributed by atoms with Gasteiger partial charge in [-0.25, -0.2) is 9.97 Å². The van der Waals surface area contributed by atoms with Crippen molar-refractivity contribution in [3.8, 4) is 22.5 Å². The van der Waals surface area contributed by atoms with Crippen LogP contribution in [0.25, 0.3) is 22.5 Å². The maximum absolute atomic E-state index is 9.37. The SMILES string of the molecule is OB(O)c1nc(-c2ccncc2)cc(-c2ccncc2)n1. The van der Waals surface area contributed by atoms with E-state index in [9.17, 15) is 10.0 Å². The highest BCUT2D eigenvalue weighted by atomic mass is 16.4. The zero-order chi connectivity index (χ0) is 14.7. The van der Waals surface area contributed by atoms with Crippen molar-refractivity contribution in [2.24, 2.45) is 0 Å². The summed E-state index contributed by atoms with van der Waals surface area (Å²) in [4.78, 5) is 16.3. The molecule has 0 aliphatic heterocycles. The van der Waals surface area contributed by atoms with E-state index in [-0.39, 0.29) is 5.72 Å². The summed E-state index contributed by atoms with van der Waals surface area (Å²) in [5.74, 6) is 0. The van der Waals surface area contributed by atoms with Crippen LogP contribution in [0.3, 0.4) is 0 Å². The van der Waals surface area contributed by atoms with Crippen molar-refractivity contribution in [3.05, 3.63) is 55.1 Å². The summed E-state index contributed by atoms with van der Waals surface area (Å²) in [5.41, 5.74) is 2.80. The molecule has 0 saturated heterocycles. The Hall–Kier alpha value is -2.64. The van der Waals surface area contributed by atoms with Gasteiger partial charge in [-0.15, -0.1) is 0 Å². The Labute approximate surface area is 121 Å². The van der Waals surface area contributed by atoms with E-state index in [4.69, 9.17) is 0 Å². The van der Waals surface area contributed by atoms with E-state index in [1.54, 1.807) is 55.1 Å². The first-order chi connectivity index (χ1) is 10.2. The average Bonchev–Trinajstić information content (AvgIpc) is 2.56. The van der Waals surface area contributed by atoms with Gasteiger partial charge in [0.05, 0.1) is 11.4 Å². The van der Waals surface area contributed by atoms with E-state index in [0.717, 1.165) is 11.1 Å². The fraction of sp³-hybridized carbons (Fsp3) is 0. The largest absolute Gasteiger partial charge is 0.528 e. The number of rotatable bonds is 3. The molecule has 3 aromatic rings. The summed E-state index contributed by atoms with van der Waals surface area (Å²) in [5, 5.41) is 18.7. The fourth-order valence-electron chi connectivity index (χ4n) is 1.92. The van der Waals surface area contributed by atoms with Crippen molar-refractivity contribution in [1.29, 1.82) is 0 Å². The molecule has 6 nitrogen and oxygen atoms in total. The molecule has 0 bridgehead atoms. The molecule has 21 heavy (non-hydrogen) atoms. The van der Waals surface area contributed by atoms with E-state index in [2.05, 4.69) is 19.9 Å². The lowest BCUT2D eigenvalue weighted by atomic mass is 9.90. The third-order valence-electron chi connectivity index (χ3n) is 2.93. The van der Waals surface area contributed by atoms with Crippen molar-refractivity contribution in [2.45, 2.75) is 0 Å². The highest BCUT2D eigenvalue weighted by Crippen LogP contribution is 2.21. The van der Waals surface area contributed by atoms with Gasteiger partial charge in [0.15, 0.2) is 5.72 Å². The zero-order valence-corrected chi connectivity index (χ0v) is 11.0. The third kappa shape index (κ3) is 2.94. The van der Waals surface area contributed by atoms with Crippen molar-refractivity contribution in [2.75, 3.05) is 0 Å². The van der Waals surface area contributed by atoms with E-state index in [1.807, 2.05) is 0 Å². The molecule has 3 aromatic heterocycles. The zero-order valence-electron chi connectivity index (χ0n) is 11.0. The predicted octanol–water partition coefficient (Wildman–Crippen LogP) is 0.280. The topological polar surface area (TPSA) is 92.0 Å². The molecule has 0 spiro atoms. The summed E-state index contributed by atoms with van der Waals surface area (Å²) in [6.07, 6.45) is 6.61. The Kier molecular flexibility index (Phi) is 3.68.